The van der Waals surface area contributed by atoms with E-state index in [-0.39, 0.29) is 0 Å². The third-order valence-corrected chi connectivity index (χ3v) is 4.15. The number of alkyl halides is 1. The number of nitrogens with zero attached hydrogens (tertiary/aromatic N) is 1. The molecule has 0 N–H and O–H groups in total. The summed E-state index contributed by atoms with van der Waals surface area (Å²) in [6, 6.07) is 0. The van der Waals surface area contributed by atoms with E-state index in [1.165, 1.54) is 19.5 Å². The number of halogens is 1. The molecule has 2 unspecified atom stereocenters. The Balaban J connectivity index is 2.07. The van der Waals surface area contributed by atoms with Crippen LogP contribution in [0.25, 0.3) is 0 Å². The van der Waals surface area contributed by atoms with Crippen molar-refractivity contribution in [3.63, 3.8) is 0 Å². The first-order valence-corrected chi connectivity index (χ1v) is 6.95. The Morgan fingerprint density at radius 3 is 2.80 bits per heavy atom. The largest absolute Gasteiger partial charge is 0.380 e. The van der Waals surface area contributed by atoms with E-state index < -0.39 is 0 Å². The number of likely N-dealkylation sites (tertiary alicyclic amines) is 1. The highest BCUT2D eigenvalue weighted by atomic mass is 79.9. The van der Waals surface area contributed by atoms with Crippen LogP contribution in [0.1, 0.15) is 27.2 Å². The van der Waals surface area contributed by atoms with Gasteiger partial charge in [0.15, 0.2) is 0 Å². The third kappa shape index (κ3) is 5.32. The maximum absolute atomic E-state index is 5.60. The van der Waals surface area contributed by atoms with Crippen LogP contribution in [0.5, 0.6) is 0 Å². The first kappa shape index (κ1) is 13.5. The van der Waals surface area contributed by atoms with Crippen LogP contribution in [0.2, 0.25) is 0 Å². The molecule has 0 amide bonds. The second kappa shape index (κ2) is 6.87. The van der Waals surface area contributed by atoms with Crippen LogP contribution in [-0.2, 0) is 4.74 Å². The van der Waals surface area contributed by atoms with Gasteiger partial charge in [0.2, 0.25) is 0 Å². The minimum absolute atomic E-state index is 0.648. The van der Waals surface area contributed by atoms with Gasteiger partial charge in [-0.05, 0) is 24.8 Å². The second-order valence-corrected chi connectivity index (χ2v) is 6.23. The Hall–Kier alpha value is 0.400. The van der Waals surface area contributed by atoms with Crippen molar-refractivity contribution in [2.24, 2.45) is 11.8 Å². The van der Waals surface area contributed by atoms with Crippen LogP contribution in [0.3, 0.4) is 0 Å². The average Bonchev–Trinajstić information content (AvgIpc) is 2.18. The standard InChI is InChI=1S/C12H24BrNO/c1-10(2)9-15-7-6-14-5-4-11(3)12(13)8-14/h10-12H,4-9H2,1-3H3. The molecule has 0 radical (unpaired) electrons. The fraction of sp³-hybridized carbons (Fsp3) is 1.00. The van der Waals surface area contributed by atoms with E-state index in [1.807, 2.05) is 0 Å². The molecule has 0 aromatic carbocycles. The Morgan fingerprint density at radius 2 is 2.20 bits per heavy atom. The normalized spacial score (nSPS) is 28.6. The maximum Gasteiger partial charge on any atom is 0.0593 e. The summed E-state index contributed by atoms with van der Waals surface area (Å²) >= 11 is 3.74. The third-order valence-electron chi connectivity index (χ3n) is 2.95. The fourth-order valence-corrected chi connectivity index (χ4v) is 2.47. The van der Waals surface area contributed by atoms with Crippen LogP contribution in [0.15, 0.2) is 0 Å². The molecular weight excluding hydrogens is 254 g/mol. The van der Waals surface area contributed by atoms with Gasteiger partial charge in [0, 0.05) is 24.5 Å². The van der Waals surface area contributed by atoms with E-state index in [2.05, 4.69) is 41.6 Å². The first-order chi connectivity index (χ1) is 7.09. The molecule has 0 aromatic rings. The molecular formula is C12H24BrNO. The van der Waals surface area contributed by atoms with Gasteiger partial charge in [-0.15, -0.1) is 0 Å². The van der Waals surface area contributed by atoms with Gasteiger partial charge in [-0.3, -0.25) is 4.90 Å². The van der Waals surface area contributed by atoms with Crippen molar-refractivity contribution in [2.45, 2.75) is 32.0 Å². The second-order valence-electron chi connectivity index (χ2n) is 5.05. The number of ether oxygens (including phenoxy) is 1. The molecule has 0 saturated carbocycles. The molecule has 0 spiro atoms. The summed E-state index contributed by atoms with van der Waals surface area (Å²) in [7, 11) is 0. The summed E-state index contributed by atoms with van der Waals surface area (Å²) in [5.41, 5.74) is 0. The van der Waals surface area contributed by atoms with Crippen LogP contribution < -0.4 is 0 Å². The molecule has 3 heteroatoms. The lowest BCUT2D eigenvalue weighted by molar-refractivity contribution is 0.0767. The average molecular weight is 278 g/mol. The van der Waals surface area contributed by atoms with E-state index >= 15 is 0 Å². The monoisotopic (exact) mass is 277 g/mol. The van der Waals surface area contributed by atoms with Crippen molar-refractivity contribution in [3.05, 3.63) is 0 Å². The zero-order valence-corrected chi connectivity index (χ0v) is 11.8. The molecule has 1 aliphatic rings. The Morgan fingerprint density at radius 1 is 1.47 bits per heavy atom. The molecule has 0 aliphatic carbocycles. The molecule has 15 heavy (non-hydrogen) atoms. The lowest BCUT2D eigenvalue weighted by atomic mass is 9.99. The van der Waals surface area contributed by atoms with Gasteiger partial charge < -0.3 is 4.74 Å². The summed E-state index contributed by atoms with van der Waals surface area (Å²) in [6.07, 6.45) is 1.31. The topological polar surface area (TPSA) is 12.5 Å². The van der Waals surface area contributed by atoms with E-state index in [0.717, 1.165) is 25.7 Å². The highest BCUT2D eigenvalue weighted by Gasteiger charge is 2.23. The van der Waals surface area contributed by atoms with E-state index in [0.29, 0.717) is 10.7 Å². The fourth-order valence-electron chi connectivity index (χ4n) is 1.80. The zero-order valence-electron chi connectivity index (χ0n) is 10.2. The molecule has 1 saturated heterocycles. The zero-order chi connectivity index (χ0) is 11.3. The van der Waals surface area contributed by atoms with Gasteiger partial charge in [-0.25, -0.2) is 0 Å². The summed E-state index contributed by atoms with van der Waals surface area (Å²) in [6.45, 7) is 12.0. The number of hydrogen-bond acceptors (Lipinski definition) is 2. The lowest BCUT2D eigenvalue weighted by Gasteiger charge is -2.34. The van der Waals surface area contributed by atoms with Gasteiger partial charge in [-0.2, -0.15) is 0 Å². The molecule has 1 heterocycles. The van der Waals surface area contributed by atoms with Crippen LogP contribution in [0.4, 0.5) is 0 Å². The molecule has 0 bridgehead atoms. The summed E-state index contributed by atoms with van der Waals surface area (Å²) < 4.78 is 5.60. The predicted octanol–water partition coefficient (Wildman–Crippen LogP) is 2.76. The smallest absolute Gasteiger partial charge is 0.0593 e. The molecule has 1 aliphatic heterocycles. The number of piperidine rings is 1. The number of rotatable bonds is 5. The van der Waals surface area contributed by atoms with Gasteiger partial charge in [0.25, 0.3) is 0 Å². The van der Waals surface area contributed by atoms with Crippen molar-refractivity contribution < 1.29 is 4.74 Å². The van der Waals surface area contributed by atoms with Crippen LogP contribution in [0, 0.1) is 11.8 Å². The molecule has 90 valence electrons. The van der Waals surface area contributed by atoms with Crippen LogP contribution >= 0.6 is 15.9 Å². The maximum atomic E-state index is 5.60. The Kier molecular flexibility index (Phi) is 6.17. The molecule has 0 aromatic heterocycles. The van der Waals surface area contributed by atoms with Gasteiger partial charge >= 0.3 is 0 Å². The quantitative estimate of drug-likeness (QED) is 0.566. The first-order valence-electron chi connectivity index (χ1n) is 6.03. The Bertz CT molecular complexity index is 175. The predicted molar refractivity (Wildman–Crippen MR) is 68.6 cm³/mol. The minimum atomic E-state index is 0.648. The molecule has 1 rings (SSSR count). The molecule has 2 nitrogen and oxygen atoms in total. The van der Waals surface area contributed by atoms with Gasteiger partial charge in [0.05, 0.1) is 6.61 Å². The van der Waals surface area contributed by atoms with Gasteiger partial charge in [-0.1, -0.05) is 36.7 Å². The Labute approximate surface area is 102 Å². The highest BCUT2D eigenvalue weighted by Crippen LogP contribution is 2.22. The van der Waals surface area contributed by atoms with E-state index in [9.17, 15) is 0 Å². The van der Waals surface area contributed by atoms with Crippen molar-refractivity contribution in [3.8, 4) is 0 Å². The van der Waals surface area contributed by atoms with E-state index in [4.69, 9.17) is 4.74 Å². The minimum Gasteiger partial charge on any atom is -0.380 e. The van der Waals surface area contributed by atoms with Crippen LogP contribution in [-0.4, -0.2) is 42.6 Å². The van der Waals surface area contributed by atoms with Crippen molar-refractivity contribution >= 4 is 15.9 Å². The summed E-state index contributed by atoms with van der Waals surface area (Å²) in [5.74, 6) is 1.47. The van der Waals surface area contributed by atoms with E-state index in [1.54, 1.807) is 0 Å². The molecule has 2 atom stereocenters. The molecule has 1 fully saturated rings. The van der Waals surface area contributed by atoms with Crippen molar-refractivity contribution in [2.75, 3.05) is 32.8 Å². The SMILES string of the molecule is CC(C)COCCN1CCC(C)C(Br)C1. The summed E-state index contributed by atoms with van der Waals surface area (Å²) in [4.78, 5) is 3.16. The summed E-state index contributed by atoms with van der Waals surface area (Å²) in [5, 5.41) is 0. The number of hydrogen-bond donors (Lipinski definition) is 0. The van der Waals surface area contributed by atoms with Crippen molar-refractivity contribution in [1.82, 2.24) is 4.90 Å². The van der Waals surface area contributed by atoms with Crippen molar-refractivity contribution in [1.29, 1.82) is 0 Å². The lowest BCUT2D eigenvalue weighted by Crippen LogP contribution is -2.41. The highest BCUT2D eigenvalue weighted by molar-refractivity contribution is 9.09. The van der Waals surface area contributed by atoms with Gasteiger partial charge in [0.1, 0.15) is 0 Å².